The molecule has 0 aliphatic heterocycles. The summed E-state index contributed by atoms with van der Waals surface area (Å²) in [6, 6.07) is 21.1. The Hall–Kier alpha value is -3.61. The summed E-state index contributed by atoms with van der Waals surface area (Å²) in [4.78, 5) is 24.6. The second kappa shape index (κ2) is 11.3. The highest BCUT2D eigenvalue weighted by Crippen LogP contribution is 2.31. The minimum atomic E-state index is -4.59. The molecular formula is C26H23F3O4. The van der Waals surface area contributed by atoms with Crippen LogP contribution in [0.4, 0.5) is 13.2 Å². The smallest absolute Gasteiger partial charge is 0.416 e. The number of carbonyl (C=O) groups excluding carboxylic acids is 2. The lowest BCUT2D eigenvalue weighted by Crippen LogP contribution is -2.13. The van der Waals surface area contributed by atoms with Gasteiger partial charge in [0.1, 0.15) is 13.2 Å². The second-order valence-electron chi connectivity index (χ2n) is 7.43. The van der Waals surface area contributed by atoms with Crippen LogP contribution in [-0.4, -0.2) is 11.9 Å². The first-order valence-corrected chi connectivity index (χ1v) is 10.4. The van der Waals surface area contributed by atoms with E-state index in [0.717, 1.165) is 23.3 Å². The van der Waals surface area contributed by atoms with E-state index in [1.807, 2.05) is 30.3 Å². The lowest BCUT2D eigenvalue weighted by molar-refractivity contribution is -0.145. The van der Waals surface area contributed by atoms with Gasteiger partial charge in [-0.2, -0.15) is 13.2 Å². The molecule has 0 aliphatic rings. The molecule has 0 aliphatic carbocycles. The van der Waals surface area contributed by atoms with E-state index in [0.29, 0.717) is 12.0 Å². The van der Waals surface area contributed by atoms with Gasteiger partial charge in [0.15, 0.2) is 0 Å². The highest BCUT2D eigenvalue weighted by Gasteiger charge is 2.32. The summed E-state index contributed by atoms with van der Waals surface area (Å²) in [5, 5.41) is 0. The Kier molecular flexibility index (Phi) is 8.24. The molecule has 172 valence electrons. The van der Waals surface area contributed by atoms with Crippen molar-refractivity contribution in [2.24, 2.45) is 0 Å². The lowest BCUT2D eigenvalue weighted by atomic mass is 9.99. The maximum Gasteiger partial charge on any atom is 0.416 e. The zero-order valence-electron chi connectivity index (χ0n) is 17.8. The first kappa shape index (κ1) is 24.0. The highest BCUT2D eigenvalue weighted by molar-refractivity contribution is 5.91. The summed E-state index contributed by atoms with van der Waals surface area (Å²) in [6.07, 6.45) is -3.97. The fourth-order valence-corrected chi connectivity index (χ4v) is 3.20. The number of rotatable bonds is 9. The summed E-state index contributed by atoms with van der Waals surface area (Å²) in [6.45, 7) is 0.0954. The Bertz CT molecular complexity index is 1060. The number of halogens is 3. The van der Waals surface area contributed by atoms with E-state index in [1.54, 1.807) is 30.3 Å². The van der Waals surface area contributed by atoms with Gasteiger partial charge in [-0.1, -0.05) is 66.7 Å². The Labute approximate surface area is 190 Å². The van der Waals surface area contributed by atoms with Crippen LogP contribution < -0.4 is 0 Å². The number of ether oxygens (including phenoxy) is 2. The first-order valence-electron chi connectivity index (χ1n) is 10.4. The molecule has 0 fully saturated rings. The van der Waals surface area contributed by atoms with Crippen LogP contribution in [0.25, 0.3) is 0 Å². The Morgan fingerprint density at radius 1 is 0.758 bits per heavy atom. The molecule has 0 N–H and O–H groups in total. The van der Waals surface area contributed by atoms with Crippen molar-refractivity contribution in [2.45, 2.75) is 38.7 Å². The minimum Gasteiger partial charge on any atom is -0.461 e. The van der Waals surface area contributed by atoms with Crippen molar-refractivity contribution in [3.63, 3.8) is 0 Å². The molecule has 0 bridgehead atoms. The van der Waals surface area contributed by atoms with Crippen molar-refractivity contribution in [3.8, 4) is 0 Å². The molecule has 0 aromatic heterocycles. The van der Waals surface area contributed by atoms with E-state index in [1.165, 1.54) is 6.07 Å². The van der Waals surface area contributed by atoms with Crippen LogP contribution in [0, 0.1) is 0 Å². The molecule has 0 spiro atoms. The summed E-state index contributed by atoms with van der Waals surface area (Å²) >= 11 is 0. The van der Waals surface area contributed by atoms with E-state index < -0.39 is 23.7 Å². The minimum absolute atomic E-state index is 0.0544. The van der Waals surface area contributed by atoms with Gasteiger partial charge >= 0.3 is 18.1 Å². The molecule has 3 aromatic rings. The molecule has 4 nitrogen and oxygen atoms in total. The second-order valence-corrected chi connectivity index (χ2v) is 7.43. The SMILES string of the molecule is O=C(CCCc1ccc(C(F)(F)F)cc1C(=O)OCc1ccccc1)OCc1ccccc1. The van der Waals surface area contributed by atoms with E-state index in [-0.39, 0.29) is 31.6 Å². The molecule has 7 heteroatoms. The van der Waals surface area contributed by atoms with Crippen molar-refractivity contribution in [2.75, 3.05) is 0 Å². The normalized spacial score (nSPS) is 11.1. The first-order chi connectivity index (χ1) is 15.8. The molecule has 3 aromatic carbocycles. The number of carbonyl (C=O) groups is 2. The Morgan fingerprint density at radius 3 is 1.91 bits per heavy atom. The maximum atomic E-state index is 13.2. The van der Waals surface area contributed by atoms with Crippen molar-refractivity contribution in [1.82, 2.24) is 0 Å². The summed E-state index contributed by atoms with van der Waals surface area (Å²) in [5.41, 5.74) is 0.882. The van der Waals surface area contributed by atoms with Crippen molar-refractivity contribution in [3.05, 3.63) is 107 Å². The lowest BCUT2D eigenvalue weighted by Gasteiger charge is -2.13. The standard InChI is InChI=1S/C26H23F3O4/c27-26(28,29)22-15-14-21(12-7-13-24(30)32-17-19-8-3-1-4-9-19)23(16-22)25(31)33-18-20-10-5-2-6-11-20/h1-6,8-11,14-16H,7,12-13,17-18H2. The summed E-state index contributed by atoms with van der Waals surface area (Å²) in [5.74, 6) is -1.26. The van der Waals surface area contributed by atoms with Crippen LogP contribution >= 0.6 is 0 Å². The summed E-state index contributed by atoms with van der Waals surface area (Å²) < 4.78 is 50.0. The third-order valence-corrected chi connectivity index (χ3v) is 4.94. The molecule has 0 heterocycles. The number of hydrogen-bond donors (Lipinski definition) is 0. The average Bonchev–Trinajstić information content (AvgIpc) is 2.82. The fraction of sp³-hybridized carbons (Fsp3) is 0.231. The zero-order valence-corrected chi connectivity index (χ0v) is 17.8. The molecule has 0 saturated heterocycles. The number of aryl methyl sites for hydroxylation is 1. The molecular weight excluding hydrogens is 433 g/mol. The van der Waals surface area contributed by atoms with Gasteiger partial charge in [-0.15, -0.1) is 0 Å². The molecule has 0 saturated carbocycles. The molecule has 0 atom stereocenters. The van der Waals surface area contributed by atoms with Crippen molar-refractivity contribution < 1.29 is 32.2 Å². The summed E-state index contributed by atoms with van der Waals surface area (Å²) in [7, 11) is 0. The van der Waals surface area contributed by atoms with Gasteiger partial charge in [-0.3, -0.25) is 4.79 Å². The van der Waals surface area contributed by atoms with Crippen molar-refractivity contribution >= 4 is 11.9 Å². The fourth-order valence-electron chi connectivity index (χ4n) is 3.20. The van der Waals surface area contributed by atoms with Gasteiger partial charge in [-0.05, 0) is 41.7 Å². The maximum absolute atomic E-state index is 13.2. The van der Waals surface area contributed by atoms with E-state index in [4.69, 9.17) is 9.47 Å². The number of alkyl halides is 3. The van der Waals surface area contributed by atoms with Gasteiger partial charge < -0.3 is 9.47 Å². The number of benzene rings is 3. The molecule has 0 unspecified atom stereocenters. The average molecular weight is 456 g/mol. The van der Waals surface area contributed by atoms with Crippen LogP contribution in [-0.2, 0) is 40.1 Å². The van der Waals surface area contributed by atoms with Gasteiger partial charge in [0.25, 0.3) is 0 Å². The van der Waals surface area contributed by atoms with Crippen LogP contribution in [0.1, 0.15) is 45.5 Å². The van der Waals surface area contributed by atoms with Gasteiger partial charge in [0.05, 0.1) is 11.1 Å². The van der Waals surface area contributed by atoms with Gasteiger partial charge in [0.2, 0.25) is 0 Å². The molecule has 3 rings (SSSR count). The third kappa shape index (κ3) is 7.49. The van der Waals surface area contributed by atoms with Crippen molar-refractivity contribution in [1.29, 1.82) is 0 Å². The third-order valence-electron chi connectivity index (χ3n) is 4.94. The molecule has 0 amide bonds. The number of esters is 2. The Balaban J connectivity index is 1.62. The molecule has 33 heavy (non-hydrogen) atoms. The zero-order chi connectivity index (χ0) is 23.7. The van der Waals surface area contributed by atoms with E-state index >= 15 is 0 Å². The monoisotopic (exact) mass is 456 g/mol. The van der Waals surface area contributed by atoms with Gasteiger partial charge in [0, 0.05) is 6.42 Å². The van der Waals surface area contributed by atoms with Crippen LogP contribution in [0.15, 0.2) is 78.9 Å². The predicted molar refractivity (Wildman–Crippen MR) is 116 cm³/mol. The Morgan fingerprint density at radius 2 is 1.33 bits per heavy atom. The van der Waals surface area contributed by atoms with Crippen LogP contribution in [0.2, 0.25) is 0 Å². The largest absolute Gasteiger partial charge is 0.461 e. The predicted octanol–water partition coefficient (Wildman–Crippen LogP) is 6.13. The quantitative estimate of drug-likeness (QED) is 0.364. The van der Waals surface area contributed by atoms with E-state index in [9.17, 15) is 22.8 Å². The highest BCUT2D eigenvalue weighted by atomic mass is 19.4. The van der Waals surface area contributed by atoms with E-state index in [2.05, 4.69) is 0 Å². The molecule has 0 radical (unpaired) electrons. The van der Waals surface area contributed by atoms with Crippen LogP contribution in [0.5, 0.6) is 0 Å². The topological polar surface area (TPSA) is 52.6 Å². The number of hydrogen-bond acceptors (Lipinski definition) is 4. The van der Waals surface area contributed by atoms with Crippen LogP contribution in [0.3, 0.4) is 0 Å². The van der Waals surface area contributed by atoms with Gasteiger partial charge in [-0.25, -0.2) is 4.79 Å².